The summed E-state index contributed by atoms with van der Waals surface area (Å²) in [7, 11) is 0. The second kappa shape index (κ2) is 3.41. The lowest BCUT2D eigenvalue weighted by molar-refractivity contribution is -0.118. The Hall–Kier alpha value is -1.69. The number of nitrogens with one attached hydrogen (secondary N) is 1. The Morgan fingerprint density at radius 2 is 2.44 bits per heavy atom. The van der Waals surface area contributed by atoms with Crippen LogP contribution in [0.25, 0.3) is 10.2 Å². The fraction of sp³-hybridized carbons (Fsp3) is 0.300. The van der Waals surface area contributed by atoms with Gasteiger partial charge in [0.15, 0.2) is 0 Å². The Morgan fingerprint density at radius 1 is 1.56 bits per heavy atom. The van der Waals surface area contributed by atoms with Crippen LogP contribution in [0.2, 0.25) is 0 Å². The largest absolute Gasteiger partial charge is 0.341 e. The van der Waals surface area contributed by atoms with E-state index in [1.54, 1.807) is 16.2 Å². The molecular formula is C10H9N3O2S. The summed E-state index contributed by atoms with van der Waals surface area (Å²) in [5, 5.41) is 0.647. The molecule has 0 aliphatic carbocycles. The summed E-state index contributed by atoms with van der Waals surface area (Å²) < 4.78 is 0. The van der Waals surface area contributed by atoms with Gasteiger partial charge in [-0.25, -0.2) is 4.98 Å². The van der Waals surface area contributed by atoms with Gasteiger partial charge in [-0.3, -0.25) is 9.59 Å². The molecule has 0 saturated heterocycles. The van der Waals surface area contributed by atoms with Gasteiger partial charge in [0.1, 0.15) is 4.83 Å². The van der Waals surface area contributed by atoms with Crippen LogP contribution in [0.1, 0.15) is 10.4 Å². The van der Waals surface area contributed by atoms with Crippen molar-refractivity contribution in [2.45, 2.75) is 13.0 Å². The third kappa shape index (κ3) is 1.26. The Bertz CT molecular complexity index is 616. The Balaban J connectivity index is 2.27. The molecule has 0 radical (unpaired) electrons. The number of carbonyl (C=O) groups is 1. The van der Waals surface area contributed by atoms with E-state index in [0.29, 0.717) is 11.9 Å². The van der Waals surface area contributed by atoms with E-state index in [4.69, 9.17) is 0 Å². The number of aromatic nitrogens is 2. The van der Waals surface area contributed by atoms with Crippen LogP contribution in [0.4, 0.5) is 0 Å². The zero-order valence-corrected chi connectivity index (χ0v) is 9.21. The predicted octanol–water partition coefficient (Wildman–Crippen LogP) is 0.499. The highest BCUT2D eigenvalue weighted by Crippen LogP contribution is 2.31. The van der Waals surface area contributed by atoms with Crippen molar-refractivity contribution in [3.63, 3.8) is 0 Å². The maximum atomic E-state index is 11.7. The maximum absolute atomic E-state index is 11.7. The second-order valence-electron chi connectivity index (χ2n) is 3.74. The molecule has 1 aliphatic heterocycles. The molecule has 1 N–H and O–H groups in total. The van der Waals surface area contributed by atoms with E-state index in [-0.39, 0.29) is 5.56 Å². The van der Waals surface area contributed by atoms with Gasteiger partial charge in [-0.2, -0.15) is 0 Å². The summed E-state index contributed by atoms with van der Waals surface area (Å²) >= 11 is 1.55. The molecule has 2 aromatic heterocycles. The van der Waals surface area contributed by atoms with E-state index in [2.05, 4.69) is 9.97 Å². The number of thiophene rings is 1. The molecule has 82 valence electrons. The molecule has 3 heterocycles. The number of rotatable bonds is 1. The standard InChI is InChI=1S/C10H9N3O2S/c14-5-13-2-1-7-6(3-13)8-9(15)11-4-12-10(8)16-7/h4-5H,1-3H2,(H,11,12,15). The van der Waals surface area contributed by atoms with Gasteiger partial charge < -0.3 is 9.88 Å². The number of hydrogen-bond donors (Lipinski definition) is 1. The molecule has 0 unspecified atom stereocenters. The van der Waals surface area contributed by atoms with Crippen LogP contribution in [-0.2, 0) is 17.8 Å². The summed E-state index contributed by atoms with van der Waals surface area (Å²) in [6, 6.07) is 0. The Kier molecular flexibility index (Phi) is 2.03. The molecule has 0 atom stereocenters. The molecule has 1 aliphatic rings. The molecule has 3 rings (SSSR count). The van der Waals surface area contributed by atoms with Crippen LogP contribution >= 0.6 is 11.3 Å². The lowest BCUT2D eigenvalue weighted by atomic mass is 10.1. The van der Waals surface area contributed by atoms with Crippen LogP contribution in [0, 0.1) is 0 Å². The first kappa shape index (κ1) is 9.53. The van der Waals surface area contributed by atoms with Crippen LogP contribution < -0.4 is 5.56 Å². The average Bonchev–Trinajstić information content (AvgIpc) is 2.67. The van der Waals surface area contributed by atoms with Crippen molar-refractivity contribution in [3.05, 3.63) is 27.1 Å². The fourth-order valence-corrected chi connectivity index (χ4v) is 3.17. The van der Waals surface area contributed by atoms with Crippen LogP contribution in [0.15, 0.2) is 11.1 Å². The van der Waals surface area contributed by atoms with Crippen molar-refractivity contribution >= 4 is 28.0 Å². The third-order valence-corrected chi connectivity index (χ3v) is 4.01. The minimum Gasteiger partial charge on any atom is -0.341 e. The minimum absolute atomic E-state index is 0.116. The van der Waals surface area contributed by atoms with E-state index < -0.39 is 0 Å². The molecule has 1 amide bonds. The highest BCUT2D eigenvalue weighted by Gasteiger charge is 2.22. The zero-order valence-electron chi connectivity index (χ0n) is 8.40. The monoisotopic (exact) mass is 235 g/mol. The van der Waals surface area contributed by atoms with E-state index in [0.717, 1.165) is 29.8 Å². The van der Waals surface area contributed by atoms with Gasteiger partial charge in [-0.15, -0.1) is 11.3 Å². The summed E-state index contributed by atoms with van der Waals surface area (Å²) in [4.78, 5) is 32.8. The maximum Gasteiger partial charge on any atom is 0.259 e. The van der Waals surface area contributed by atoms with E-state index in [1.165, 1.54) is 11.2 Å². The van der Waals surface area contributed by atoms with Crippen molar-refractivity contribution < 1.29 is 4.79 Å². The second-order valence-corrected chi connectivity index (χ2v) is 4.83. The molecule has 16 heavy (non-hydrogen) atoms. The Labute approximate surface area is 94.7 Å². The first-order valence-electron chi connectivity index (χ1n) is 4.97. The lowest BCUT2D eigenvalue weighted by Crippen LogP contribution is -2.28. The molecule has 0 saturated carbocycles. The molecule has 6 heteroatoms. The molecule has 0 aromatic carbocycles. The molecule has 0 fully saturated rings. The zero-order chi connectivity index (χ0) is 11.1. The first-order chi connectivity index (χ1) is 7.79. The third-order valence-electron chi connectivity index (χ3n) is 2.81. The lowest BCUT2D eigenvalue weighted by Gasteiger charge is -2.22. The van der Waals surface area contributed by atoms with Crippen molar-refractivity contribution in [3.8, 4) is 0 Å². The highest BCUT2D eigenvalue weighted by molar-refractivity contribution is 7.18. The molecular weight excluding hydrogens is 226 g/mol. The fourth-order valence-electron chi connectivity index (χ4n) is 2.03. The van der Waals surface area contributed by atoms with Crippen LogP contribution in [-0.4, -0.2) is 27.8 Å². The number of hydrogen-bond acceptors (Lipinski definition) is 4. The van der Waals surface area contributed by atoms with Gasteiger partial charge in [-0.1, -0.05) is 0 Å². The number of nitrogens with zero attached hydrogens (tertiary/aromatic N) is 2. The normalized spacial score (nSPS) is 15.1. The molecule has 5 nitrogen and oxygen atoms in total. The number of amides is 1. The van der Waals surface area contributed by atoms with Gasteiger partial charge >= 0.3 is 0 Å². The SMILES string of the molecule is O=CN1CCc2sc3nc[nH]c(=O)c3c2C1. The summed E-state index contributed by atoms with van der Waals surface area (Å²) in [5.74, 6) is 0. The first-order valence-corrected chi connectivity index (χ1v) is 5.78. The minimum atomic E-state index is -0.116. The number of fused-ring (bicyclic) bond motifs is 3. The molecule has 0 spiro atoms. The van der Waals surface area contributed by atoms with Crippen molar-refractivity contribution in [2.75, 3.05) is 6.54 Å². The van der Waals surface area contributed by atoms with Gasteiger partial charge in [-0.05, 0) is 6.42 Å². The van der Waals surface area contributed by atoms with E-state index in [1.807, 2.05) is 0 Å². The Morgan fingerprint density at radius 3 is 3.25 bits per heavy atom. The summed E-state index contributed by atoms with van der Waals surface area (Å²) in [6.45, 7) is 1.24. The number of H-pyrrole nitrogens is 1. The van der Waals surface area contributed by atoms with Gasteiger partial charge in [0.2, 0.25) is 6.41 Å². The smallest absolute Gasteiger partial charge is 0.259 e. The van der Waals surface area contributed by atoms with E-state index in [9.17, 15) is 9.59 Å². The average molecular weight is 235 g/mol. The summed E-state index contributed by atoms with van der Waals surface area (Å²) in [6.07, 6.45) is 3.07. The highest BCUT2D eigenvalue weighted by atomic mass is 32.1. The predicted molar refractivity (Wildman–Crippen MR) is 60.4 cm³/mol. The van der Waals surface area contributed by atoms with Gasteiger partial charge in [0, 0.05) is 23.5 Å². The number of carbonyl (C=O) groups excluding carboxylic acids is 1. The van der Waals surface area contributed by atoms with E-state index >= 15 is 0 Å². The topological polar surface area (TPSA) is 66.1 Å². The van der Waals surface area contributed by atoms with Crippen molar-refractivity contribution in [1.82, 2.24) is 14.9 Å². The van der Waals surface area contributed by atoms with Crippen LogP contribution in [0.5, 0.6) is 0 Å². The molecule has 0 bridgehead atoms. The van der Waals surface area contributed by atoms with Crippen LogP contribution in [0.3, 0.4) is 0 Å². The van der Waals surface area contributed by atoms with Gasteiger partial charge in [0.05, 0.1) is 11.7 Å². The van der Waals surface area contributed by atoms with Gasteiger partial charge in [0.25, 0.3) is 5.56 Å². The quantitative estimate of drug-likeness (QED) is 0.732. The van der Waals surface area contributed by atoms with Crippen molar-refractivity contribution in [1.29, 1.82) is 0 Å². The summed E-state index contributed by atoms with van der Waals surface area (Å²) in [5.41, 5.74) is 0.850. The van der Waals surface area contributed by atoms with Crippen molar-refractivity contribution in [2.24, 2.45) is 0 Å². The molecule has 2 aromatic rings. The number of aromatic amines is 1.